The minimum Gasteiger partial charge on any atom is -0.382 e. The molecule has 0 saturated carbocycles. The van der Waals surface area contributed by atoms with Gasteiger partial charge in [0.2, 0.25) is 0 Å². The van der Waals surface area contributed by atoms with Gasteiger partial charge in [-0.25, -0.2) is 8.42 Å². The Labute approximate surface area is 116 Å². The van der Waals surface area contributed by atoms with Crippen LogP contribution < -0.4 is 0 Å². The van der Waals surface area contributed by atoms with Gasteiger partial charge < -0.3 is 14.2 Å². The average Bonchev–Trinajstić information content (AvgIpc) is 2.51. The van der Waals surface area contributed by atoms with Gasteiger partial charge in [-0.2, -0.15) is 0 Å². The summed E-state index contributed by atoms with van der Waals surface area (Å²) < 4.78 is 38.4. The first kappa shape index (κ1) is 15.6. The molecule has 0 N–H and O–H groups in total. The largest absolute Gasteiger partial charge is 0.382 e. The lowest BCUT2D eigenvalue weighted by molar-refractivity contribution is 0.0352. The molecule has 17 heavy (non-hydrogen) atoms. The van der Waals surface area contributed by atoms with E-state index in [1.807, 2.05) is 0 Å². The van der Waals surface area contributed by atoms with Crippen LogP contribution in [0, 0.1) is 0 Å². The Bertz CT molecular complexity index is 306. The molecule has 1 rings (SSSR count). The molecule has 2 unspecified atom stereocenters. The summed E-state index contributed by atoms with van der Waals surface area (Å²) in [5, 5.41) is 0. The summed E-state index contributed by atoms with van der Waals surface area (Å²) in [6.45, 7) is 2.35. The van der Waals surface area contributed by atoms with Crippen molar-refractivity contribution in [3.63, 3.8) is 0 Å². The number of methoxy groups -OCH3 is 1. The molecule has 0 aromatic carbocycles. The molecular formula is C10H19IO5S. The minimum atomic E-state index is -2.88. The van der Waals surface area contributed by atoms with Crippen molar-refractivity contribution in [2.75, 3.05) is 45.0 Å². The number of hydrogen-bond acceptors (Lipinski definition) is 5. The van der Waals surface area contributed by atoms with E-state index in [2.05, 4.69) is 22.6 Å². The van der Waals surface area contributed by atoms with Crippen LogP contribution in [0.25, 0.3) is 0 Å². The van der Waals surface area contributed by atoms with Gasteiger partial charge in [-0.05, 0) is 6.42 Å². The highest BCUT2D eigenvalue weighted by Gasteiger charge is 2.36. The molecule has 2 atom stereocenters. The first-order valence-corrected chi connectivity index (χ1v) is 8.64. The van der Waals surface area contributed by atoms with Crippen LogP contribution >= 0.6 is 22.6 Å². The van der Waals surface area contributed by atoms with Gasteiger partial charge in [0, 0.05) is 20.3 Å². The Hall–Kier alpha value is 0.560. The van der Waals surface area contributed by atoms with E-state index >= 15 is 0 Å². The lowest BCUT2D eigenvalue weighted by Gasteiger charge is -2.13. The zero-order chi connectivity index (χ0) is 12.7. The predicted octanol–water partition coefficient (Wildman–Crippen LogP) is 0.657. The van der Waals surface area contributed by atoms with Crippen LogP contribution in [0.4, 0.5) is 0 Å². The van der Waals surface area contributed by atoms with Gasteiger partial charge in [-0.3, -0.25) is 0 Å². The number of sulfone groups is 1. The molecule has 0 amide bonds. The van der Waals surface area contributed by atoms with Gasteiger partial charge in [0.05, 0.1) is 34.7 Å². The van der Waals surface area contributed by atoms with Crippen LogP contribution in [0.3, 0.4) is 0 Å². The molecule has 0 aromatic rings. The maximum absolute atomic E-state index is 11.3. The van der Waals surface area contributed by atoms with Crippen LogP contribution in [-0.4, -0.2) is 63.5 Å². The molecule has 5 nitrogen and oxygen atoms in total. The summed E-state index contributed by atoms with van der Waals surface area (Å²) in [6, 6.07) is 0. The molecule has 102 valence electrons. The first-order valence-electron chi connectivity index (χ1n) is 5.58. The molecule has 1 heterocycles. The van der Waals surface area contributed by atoms with Gasteiger partial charge >= 0.3 is 0 Å². The predicted molar refractivity (Wildman–Crippen MR) is 73.5 cm³/mol. The summed E-state index contributed by atoms with van der Waals surface area (Å²) in [6.07, 6.45) is 0.628. The highest BCUT2D eigenvalue weighted by molar-refractivity contribution is 14.1. The van der Waals surface area contributed by atoms with Gasteiger partial charge in [0.15, 0.2) is 9.84 Å². The molecule has 0 radical (unpaired) electrons. The second kappa shape index (κ2) is 7.88. The standard InChI is InChI=1S/C10H19IO5S/c1-14-5-6-15-3-2-4-16-10-8-17(12,13)7-9(10)11/h9-10H,2-8H2,1H3. The minimum absolute atomic E-state index is 0.0759. The normalized spacial score (nSPS) is 27.4. The van der Waals surface area contributed by atoms with E-state index in [4.69, 9.17) is 14.2 Å². The van der Waals surface area contributed by atoms with E-state index in [0.29, 0.717) is 26.4 Å². The summed E-state index contributed by atoms with van der Waals surface area (Å²) in [5.41, 5.74) is 0. The smallest absolute Gasteiger partial charge is 0.154 e. The molecule has 0 spiro atoms. The monoisotopic (exact) mass is 378 g/mol. The molecule has 1 aliphatic heterocycles. The lowest BCUT2D eigenvalue weighted by atomic mass is 10.3. The van der Waals surface area contributed by atoms with E-state index in [9.17, 15) is 8.42 Å². The van der Waals surface area contributed by atoms with E-state index in [-0.39, 0.29) is 21.5 Å². The van der Waals surface area contributed by atoms with Crippen molar-refractivity contribution < 1.29 is 22.6 Å². The van der Waals surface area contributed by atoms with Crippen LogP contribution in [0.15, 0.2) is 0 Å². The molecule has 0 aliphatic carbocycles. The lowest BCUT2D eigenvalue weighted by Crippen LogP contribution is -2.23. The fourth-order valence-corrected chi connectivity index (χ4v) is 5.68. The summed E-state index contributed by atoms with van der Waals surface area (Å²) in [7, 11) is -1.25. The van der Waals surface area contributed by atoms with Gasteiger partial charge in [0.25, 0.3) is 0 Å². The third-order valence-corrected chi connectivity index (χ3v) is 5.98. The first-order chi connectivity index (χ1) is 8.05. The van der Waals surface area contributed by atoms with E-state index in [0.717, 1.165) is 6.42 Å². The third-order valence-electron chi connectivity index (χ3n) is 2.43. The van der Waals surface area contributed by atoms with Crippen LogP contribution in [0.5, 0.6) is 0 Å². The third kappa shape index (κ3) is 6.32. The Morgan fingerprint density at radius 1 is 1.18 bits per heavy atom. The maximum Gasteiger partial charge on any atom is 0.154 e. The zero-order valence-corrected chi connectivity index (χ0v) is 12.9. The number of hydrogen-bond donors (Lipinski definition) is 0. The van der Waals surface area contributed by atoms with Crippen molar-refractivity contribution in [3.8, 4) is 0 Å². The Morgan fingerprint density at radius 3 is 2.53 bits per heavy atom. The zero-order valence-electron chi connectivity index (χ0n) is 9.93. The second-order valence-corrected chi connectivity index (χ2v) is 7.71. The second-order valence-electron chi connectivity index (χ2n) is 3.96. The molecule has 1 fully saturated rings. The quantitative estimate of drug-likeness (QED) is 0.353. The fraction of sp³-hybridized carbons (Fsp3) is 1.00. The van der Waals surface area contributed by atoms with Crippen LogP contribution in [0.2, 0.25) is 0 Å². The molecule has 7 heteroatoms. The van der Waals surface area contributed by atoms with Gasteiger partial charge in [-0.15, -0.1) is 0 Å². The van der Waals surface area contributed by atoms with E-state index in [1.54, 1.807) is 7.11 Å². The molecule has 0 bridgehead atoms. The van der Waals surface area contributed by atoms with Crippen LogP contribution in [-0.2, 0) is 24.0 Å². The number of alkyl halides is 1. The maximum atomic E-state index is 11.3. The number of ether oxygens (including phenoxy) is 3. The summed E-state index contributed by atoms with van der Waals surface area (Å²) in [4.78, 5) is 0. The fourth-order valence-electron chi connectivity index (χ4n) is 1.57. The van der Waals surface area contributed by atoms with Crippen LogP contribution in [0.1, 0.15) is 6.42 Å². The van der Waals surface area contributed by atoms with Crippen molar-refractivity contribution in [3.05, 3.63) is 0 Å². The van der Waals surface area contributed by atoms with Crippen molar-refractivity contribution >= 4 is 32.4 Å². The van der Waals surface area contributed by atoms with Crippen molar-refractivity contribution in [2.45, 2.75) is 16.4 Å². The Balaban J connectivity index is 2.04. The number of rotatable bonds is 8. The summed E-state index contributed by atoms with van der Waals surface area (Å²) in [5.74, 6) is 0.397. The highest BCUT2D eigenvalue weighted by Crippen LogP contribution is 2.22. The molecule has 1 aliphatic rings. The summed E-state index contributed by atoms with van der Waals surface area (Å²) >= 11 is 2.15. The van der Waals surface area contributed by atoms with Gasteiger partial charge in [0.1, 0.15) is 0 Å². The molecule has 1 saturated heterocycles. The number of halogens is 1. The topological polar surface area (TPSA) is 61.8 Å². The SMILES string of the molecule is COCCOCCCOC1CS(=O)(=O)CC1I. The van der Waals surface area contributed by atoms with Gasteiger partial charge in [-0.1, -0.05) is 22.6 Å². The Morgan fingerprint density at radius 2 is 1.94 bits per heavy atom. The van der Waals surface area contributed by atoms with Crippen molar-refractivity contribution in [2.24, 2.45) is 0 Å². The van der Waals surface area contributed by atoms with Crippen molar-refractivity contribution in [1.29, 1.82) is 0 Å². The highest BCUT2D eigenvalue weighted by atomic mass is 127. The Kier molecular flexibility index (Phi) is 7.24. The van der Waals surface area contributed by atoms with Crippen molar-refractivity contribution in [1.82, 2.24) is 0 Å². The average molecular weight is 378 g/mol. The molecule has 0 aromatic heterocycles. The molecular weight excluding hydrogens is 359 g/mol. The van der Waals surface area contributed by atoms with E-state index < -0.39 is 9.84 Å². The van der Waals surface area contributed by atoms with E-state index in [1.165, 1.54) is 0 Å².